The van der Waals surface area contributed by atoms with Crippen molar-refractivity contribution in [3.05, 3.63) is 12.7 Å². The van der Waals surface area contributed by atoms with Crippen molar-refractivity contribution in [2.75, 3.05) is 11.5 Å². The summed E-state index contributed by atoms with van der Waals surface area (Å²) in [4.78, 5) is 9.25. The van der Waals surface area contributed by atoms with E-state index in [1.807, 2.05) is 0 Å². The van der Waals surface area contributed by atoms with E-state index in [1.165, 1.54) is 0 Å². The molecule has 1 atom stereocenters. The van der Waals surface area contributed by atoms with Crippen molar-refractivity contribution in [2.24, 2.45) is 5.73 Å². The Morgan fingerprint density at radius 2 is 2.45 bits per heavy atom. The Bertz CT molecular complexity index is 163. The first-order valence-electron chi connectivity index (χ1n) is 2.95. The highest BCUT2D eigenvalue weighted by molar-refractivity contribution is 8.02. The Kier molecular flexibility index (Phi) is 4.63. The van der Waals surface area contributed by atoms with Crippen molar-refractivity contribution in [1.82, 2.24) is 0 Å². The van der Waals surface area contributed by atoms with Crippen LogP contribution < -0.4 is 5.73 Å². The number of aliphatic carboxylic acids is 1. The molecule has 5 heteroatoms. The lowest BCUT2D eigenvalue weighted by atomic mass is 10.4. The predicted molar refractivity (Wildman–Crippen MR) is 51.1 cm³/mol. The van der Waals surface area contributed by atoms with E-state index in [0.717, 1.165) is 11.8 Å². The van der Waals surface area contributed by atoms with Gasteiger partial charge in [-0.05, 0) is 0 Å². The molecule has 0 heterocycles. The maximum Gasteiger partial charge on any atom is 0.335 e. The minimum absolute atomic E-state index is 0.112. The van der Waals surface area contributed by atoms with E-state index in [9.17, 15) is 4.79 Å². The number of hydrogen-bond donors (Lipinski definition) is 3. The van der Waals surface area contributed by atoms with E-state index in [-0.39, 0.29) is 5.75 Å². The molecule has 0 unspecified atom stereocenters. The lowest BCUT2D eigenvalue weighted by molar-refractivity contribution is -0.139. The number of hydrogen-bond acceptors (Lipinski definition) is 4. The molecule has 0 aromatic rings. The highest BCUT2D eigenvalue weighted by Gasteiger charge is 2.32. The monoisotopic (exact) mass is 193 g/mol. The van der Waals surface area contributed by atoms with Crippen molar-refractivity contribution in [3.8, 4) is 0 Å². The highest BCUT2D eigenvalue weighted by Crippen LogP contribution is 2.20. The molecule has 0 radical (unpaired) electrons. The second-order valence-electron chi connectivity index (χ2n) is 1.95. The van der Waals surface area contributed by atoms with Gasteiger partial charge in [0.2, 0.25) is 0 Å². The third-order valence-corrected chi connectivity index (χ3v) is 3.00. The largest absolute Gasteiger partial charge is 0.479 e. The van der Waals surface area contributed by atoms with Gasteiger partial charge >= 0.3 is 5.97 Å². The van der Waals surface area contributed by atoms with Crippen LogP contribution in [0.1, 0.15) is 0 Å². The Hall–Kier alpha value is -0.130. The van der Waals surface area contributed by atoms with Gasteiger partial charge in [-0.3, -0.25) is 0 Å². The minimum atomic E-state index is -1.28. The average molecular weight is 193 g/mol. The summed E-state index contributed by atoms with van der Waals surface area (Å²) in [6, 6.07) is 0. The third-order valence-electron chi connectivity index (χ3n) is 1.06. The van der Waals surface area contributed by atoms with Crippen LogP contribution in [0.5, 0.6) is 0 Å². The van der Waals surface area contributed by atoms with Gasteiger partial charge in [0.1, 0.15) is 0 Å². The zero-order valence-corrected chi connectivity index (χ0v) is 7.70. The molecular formula is C6H11NO2S2. The number of nitrogens with two attached hydrogens (primary N) is 1. The Morgan fingerprint density at radius 1 is 1.91 bits per heavy atom. The summed E-state index contributed by atoms with van der Waals surface area (Å²) >= 11 is 4.97. The first-order chi connectivity index (χ1) is 5.06. The molecule has 0 aromatic heterocycles. The van der Waals surface area contributed by atoms with Crippen LogP contribution in [0.4, 0.5) is 0 Å². The summed E-state index contributed by atoms with van der Waals surface area (Å²) in [5, 5.41) is 8.63. The van der Waals surface area contributed by atoms with Crippen molar-refractivity contribution in [2.45, 2.75) is 4.87 Å². The van der Waals surface area contributed by atoms with Crippen molar-refractivity contribution >= 4 is 30.4 Å². The number of carboxylic acid groups (broad SMARTS) is 1. The van der Waals surface area contributed by atoms with E-state index in [0.29, 0.717) is 5.75 Å². The molecule has 0 spiro atoms. The van der Waals surface area contributed by atoms with E-state index >= 15 is 0 Å². The third kappa shape index (κ3) is 3.18. The molecule has 0 aliphatic heterocycles. The predicted octanol–water partition coefficient (Wildman–Crippen LogP) is 0.575. The molecule has 0 aliphatic carbocycles. The van der Waals surface area contributed by atoms with Gasteiger partial charge in [0.25, 0.3) is 0 Å². The fourth-order valence-corrected chi connectivity index (χ4v) is 1.42. The van der Waals surface area contributed by atoms with Crippen LogP contribution in [0.2, 0.25) is 0 Å². The van der Waals surface area contributed by atoms with Gasteiger partial charge in [-0.15, -0.1) is 18.3 Å². The number of thioether (sulfide) groups is 1. The summed E-state index contributed by atoms with van der Waals surface area (Å²) < 4.78 is 0. The van der Waals surface area contributed by atoms with E-state index < -0.39 is 10.8 Å². The SMILES string of the molecule is C=CCS[C@](N)(CS)C(=O)O. The molecule has 0 saturated heterocycles. The van der Waals surface area contributed by atoms with E-state index in [4.69, 9.17) is 10.8 Å². The standard InChI is InChI=1S/C6H11NO2S2/c1-2-3-11-6(7,4-10)5(8)9/h2,10H,1,3-4,7H2,(H,8,9)/t6-/m1/s1. The second kappa shape index (κ2) is 4.69. The summed E-state index contributed by atoms with van der Waals surface area (Å²) in [5.74, 6) is -0.413. The summed E-state index contributed by atoms with van der Waals surface area (Å²) in [5.41, 5.74) is 5.47. The molecule has 3 nitrogen and oxygen atoms in total. The van der Waals surface area contributed by atoms with Crippen LogP contribution >= 0.6 is 24.4 Å². The Balaban J connectivity index is 4.09. The molecule has 0 rings (SSSR count). The fraction of sp³-hybridized carbons (Fsp3) is 0.500. The topological polar surface area (TPSA) is 63.3 Å². The van der Waals surface area contributed by atoms with Gasteiger partial charge in [-0.25, -0.2) is 4.79 Å². The van der Waals surface area contributed by atoms with Crippen molar-refractivity contribution < 1.29 is 9.90 Å². The number of rotatable bonds is 5. The average Bonchev–Trinajstić information content (AvgIpc) is 2.00. The fourth-order valence-electron chi connectivity index (χ4n) is 0.383. The summed E-state index contributed by atoms with van der Waals surface area (Å²) in [6.45, 7) is 3.46. The molecule has 0 amide bonds. The number of thiol groups is 1. The van der Waals surface area contributed by atoms with Crippen LogP contribution in [-0.4, -0.2) is 27.5 Å². The zero-order valence-electron chi connectivity index (χ0n) is 5.99. The lowest BCUT2D eigenvalue weighted by Gasteiger charge is -2.20. The van der Waals surface area contributed by atoms with Crippen LogP contribution in [0.3, 0.4) is 0 Å². The van der Waals surface area contributed by atoms with Gasteiger partial charge < -0.3 is 10.8 Å². The van der Waals surface area contributed by atoms with Crippen LogP contribution in [0, 0.1) is 0 Å². The lowest BCUT2D eigenvalue weighted by Crippen LogP contribution is -2.46. The quantitative estimate of drug-likeness (QED) is 0.339. The Morgan fingerprint density at radius 3 is 2.73 bits per heavy atom. The van der Waals surface area contributed by atoms with E-state index in [1.54, 1.807) is 6.08 Å². The van der Waals surface area contributed by atoms with Crippen LogP contribution in [0.25, 0.3) is 0 Å². The maximum atomic E-state index is 10.5. The number of carbonyl (C=O) groups is 1. The first-order valence-corrected chi connectivity index (χ1v) is 4.56. The molecule has 0 aliphatic rings. The Labute approximate surface area is 75.4 Å². The van der Waals surface area contributed by atoms with E-state index in [2.05, 4.69) is 19.2 Å². The van der Waals surface area contributed by atoms with Crippen molar-refractivity contribution in [3.63, 3.8) is 0 Å². The molecule has 64 valence electrons. The van der Waals surface area contributed by atoms with Gasteiger partial charge in [0.15, 0.2) is 4.87 Å². The second-order valence-corrected chi connectivity index (χ2v) is 3.62. The minimum Gasteiger partial charge on any atom is -0.479 e. The highest BCUT2D eigenvalue weighted by atomic mass is 32.2. The normalized spacial score (nSPS) is 15.5. The van der Waals surface area contributed by atoms with Gasteiger partial charge in [0.05, 0.1) is 0 Å². The molecule has 0 fully saturated rings. The molecule has 11 heavy (non-hydrogen) atoms. The van der Waals surface area contributed by atoms with Gasteiger partial charge in [-0.2, -0.15) is 12.6 Å². The molecule has 0 bridgehead atoms. The smallest absolute Gasteiger partial charge is 0.335 e. The summed E-state index contributed by atoms with van der Waals surface area (Å²) in [7, 11) is 0. The molecule has 0 aromatic carbocycles. The first kappa shape index (κ1) is 10.9. The molecular weight excluding hydrogens is 182 g/mol. The van der Waals surface area contributed by atoms with Crippen LogP contribution in [-0.2, 0) is 4.79 Å². The zero-order chi connectivity index (χ0) is 8.91. The molecule has 3 N–H and O–H groups in total. The number of carboxylic acids is 1. The maximum absolute atomic E-state index is 10.5. The van der Waals surface area contributed by atoms with Crippen LogP contribution in [0.15, 0.2) is 12.7 Å². The van der Waals surface area contributed by atoms with Gasteiger partial charge in [-0.1, -0.05) is 6.08 Å². The van der Waals surface area contributed by atoms with Gasteiger partial charge in [0, 0.05) is 11.5 Å². The molecule has 0 saturated carbocycles. The summed E-state index contributed by atoms with van der Waals surface area (Å²) in [6.07, 6.45) is 1.61. The van der Waals surface area contributed by atoms with Crippen molar-refractivity contribution in [1.29, 1.82) is 0 Å².